The Bertz CT molecular complexity index is 601. The molecule has 20 heavy (non-hydrogen) atoms. The first-order valence-electron chi connectivity index (χ1n) is 6.56. The van der Waals surface area contributed by atoms with Crippen molar-refractivity contribution in [1.82, 2.24) is 4.98 Å². The summed E-state index contributed by atoms with van der Waals surface area (Å²) in [6.45, 7) is 3.63. The van der Waals surface area contributed by atoms with Gasteiger partial charge in [0.05, 0.1) is 0 Å². The number of benzene rings is 1. The lowest BCUT2D eigenvalue weighted by Gasteiger charge is -2.08. The topological polar surface area (TPSA) is 52.6 Å². The van der Waals surface area contributed by atoms with Crippen LogP contribution in [0.1, 0.15) is 12.5 Å². The highest BCUT2D eigenvalue weighted by Crippen LogP contribution is 2.32. The van der Waals surface area contributed by atoms with E-state index in [-0.39, 0.29) is 6.79 Å². The van der Waals surface area contributed by atoms with Crippen molar-refractivity contribution in [2.75, 3.05) is 18.7 Å². The summed E-state index contributed by atoms with van der Waals surface area (Å²) in [5.74, 6) is 3.16. The van der Waals surface area contributed by atoms with E-state index in [0.29, 0.717) is 6.61 Å². The molecule has 0 unspecified atom stereocenters. The van der Waals surface area contributed by atoms with Crippen LogP contribution in [-0.4, -0.2) is 18.3 Å². The third-order valence-corrected chi connectivity index (χ3v) is 2.93. The molecule has 0 atom stereocenters. The highest BCUT2D eigenvalue weighted by atomic mass is 16.7. The van der Waals surface area contributed by atoms with E-state index in [1.54, 1.807) is 6.20 Å². The molecule has 0 bridgehead atoms. The maximum atomic E-state index is 5.76. The van der Waals surface area contributed by atoms with Crippen LogP contribution in [0.4, 0.5) is 5.82 Å². The standard InChI is InChI=1S/C15H16N2O3/c1-2-16-15-8-12(5-6-17-15)18-9-11-3-4-13-14(7-11)20-10-19-13/h3-8H,2,9-10H2,1H3,(H,16,17). The fraction of sp³-hybridized carbons (Fsp3) is 0.267. The zero-order chi connectivity index (χ0) is 13.8. The molecule has 0 aliphatic carbocycles. The van der Waals surface area contributed by atoms with Crippen LogP contribution in [0.15, 0.2) is 36.5 Å². The Morgan fingerprint density at radius 2 is 2.10 bits per heavy atom. The van der Waals surface area contributed by atoms with Crippen molar-refractivity contribution in [2.45, 2.75) is 13.5 Å². The van der Waals surface area contributed by atoms with Gasteiger partial charge in [-0.2, -0.15) is 0 Å². The van der Waals surface area contributed by atoms with E-state index >= 15 is 0 Å². The van der Waals surface area contributed by atoms with Gasteiger partial charge in [-0.05, 0) is 30.7 Å². The second-order valence-electron chi connectivity index (χ2n) is 4.38. The maximum absolute atomic E-state index is 5.76. The molecule has 1 aliphatic rings. The van der Waals surface area contributed by atoms with Crippen LogP contribution >= 0.6 is 0 Å². The van der Waals surface area contributed by atoms with Gasteiger partial charge < -0.3 is 19.5 Å². The van der Waals surface area contributed by atoms with E-state index in [2.05, 4.69) is 10.3 Å². The number of hydrogen-bond acceptors (Lipinski definition) is 5. The molecule has 0 saturated heterocycles. The summed E-state index contributed by atoms with van der Waals surface area (Å²) in [4.78, 5) is 4.20. The number of hydrogen-bond donors (Lipinski definition) is 1. The Balaban J connectivity index is 1.65. The Kier molecular flexibility index (Phi) is 3.58. The Morgan fingerprint density at radius 3 is 3.00 bits per heavy atom. The highest BCUT2D eigenvalue weighted by molar-refractivity contribution is 5.44. The van der Waals surface area contributed by atoms with Crippen LogP contribution in [-0.2, 0) is 6.61 Å². The predicted molar refractivity (Wildman–Crippen MR) is 75.3 cm³/mol. The van der Waals surface area contributed by atoms with E-state index in [9.17, 15) is 0 Å². The lowest BCUT2D eigenvalue weighted by Crippen LogP contribution is -2.00. The quantitative estimate of drug-likeness (QED) is 0.907. The predicted octanol–water partition coefficient (Wildman–Crippen LogP) is 2.82. The molecule has 104 valence electrons. The van der Waals surface area contributed by atoms with Crippen molar-refractivity contribution in [3.63, 3.8) is 0 Å². The molecule has 3 rings (SSSR count). The second-order valence-corrected chi connectivity index (χ2v) is 4.38. The minimum Gasteiger partial charge on any atom is -0.489 e. The highest BCUT2D eigenvalue weighted by Gasteiger charge is 2.13. The number of ether oxygens (including phenoxy) is 3. The zero-order valence-electron chi connectivity index (χ0n) is 11.3. The average Bonchev–Trinajstić information content (AvgIpc) is 2.93. The summed E-state index contributed by atoms with van der Waals surface area (Å²) >= 11 is 0. The Morgan fingerprint density at radius 1 is 1.20 bits per heavy atom. The summed E-state index contributed by atoms with van der Waals surface area (Å²) in [6, 6.07) is 9.54. The smallest absolute Gasteiger partial charge is 0.231 e. The molecule has 0 spiro atoms. The molecule has 2 heterocycles. The molecule has 0 saturated carbocycles. The van der Waals surface area contributed by atoms with Crippen molar-refractivity contribution >= 4 is 5.82 Å². The van der Waals surface area contributed by atoms with Crippen LogP contribution in [0.3, 0.4) is 0 Å². The van der Waals surface area contributed by atoms with Crippen LogP contribution in [0, 0.1) is 0 Å². The summed E-state index contributed by atoms with van der Waals surface area (Å²) in [7, 11) is 0. The van der Waals surface area contributed by atoms with E-state index in [4.69, 9.17) is 14.2 Å². The minimum absolute atomic E-state index is 0.288. The van der Waals surface area contributed by atoms with Crippen molar-refractivity contribution in [3.05, 3.63) is 42.1 Å². The monoisotopic (exact) mass is 272 g/mol. The van der Waals surface area contributed by atoms with Crippen molar-refractivity contribution in [1.29, 1.82) is 0 Å². The van der Waals surface area contributed by atoms with E-state index < -0.39 is 0 Å². The zero-order valence-corrected chi connectivity index (χ0v) is 11.3. The molecule has 1 N–H and O–H groups in total. The lowest BCUT2D eigenvalue weighted by molar-refractivity contribution is 0.174. The molecular formula is C15H16N2O3. The maximum Gasteiger partial charge on any atom is 0.231 e. The van der Waals surface area contributed by atoms with Gasteiger partial charge in [-0.25, -0.2) is 4.98 Å². The van der Waals surface area contributed by atoms with Crippen LogP contribution in [0.2, 0.25) is 0 Å². The third-order valence-electron chi connectivity index (χ3n) is 2.93. The fourth-order valence-electron chi connectivity index (χ4n) is 1.98. The van der Waals surface area contributed by atoms with Gasteiger partial charge in [0.15, 0.2) is 11.5 Å². The van der Waals surface area contributed by atoms with Gasteiger partial charge in [-0.1, -0.05) is 6.07 Å². The van der Waals surface area contributed by atoms with Gasteiger partial charge >= 0.3 is 0 Å². The van der Waals surface area contributed by atoms with Crippen molar-refractivity contribution in [3.8, 4) is 17.2 Å². The van der Waals surface area contributed by atoms with E-state index in [0.717, 1.165) is 35.2 Å². The van der Waals surface area contributed by atoms with Gasteiger partial charge in [0.25, 0.3) is 0 Å². The van der Waals surface area contributed by atoms with Crippen molar-refractivity contribution in [2.24, 2.45) is 0 Å². The molecule has 5 heteroatoms. The molecule has 5 nitrogen and oxygen atoms in total. The van der Waals surface area contributed by atoms with Crippen LogP contribution < -0.4 is 19.5 Å². The molecule has 1 aromatic carbocycles. The number of pyridine rings is 1. The second kappa shape index (κ2) is 5.69. The molecule has 1 aromatic heterocycles. The first kappa shape index (κ1) is 12.6. The van der Waals surface area contributed by atoms with E-state index in [1.807, 2.05) is 37.3 Å². The third kappa shape index (κ3) is 2.77. The minimum atomic E-state index is 0.288. The summed E-state index contributed by atoms with van der Waals surface area (Å²) in [5, 5.41) is 3.15. The normalized spacial score (nSPS) is 12.2. The van der Waals surface area contributed by atoms with Gasteiger partial charge in [0.1, 0.15) is 18.2 Å². The molecule has 1 aliphatic heterocycles. The van der Waals surface area contributed by atoms with Crippen LogP contribution in [0.5, 0.6) is 17.2 Å². The largest absolute Gasteiger partial charge is 0.489 e. The summed E-state index contributed by atoms with van der Waals surface area (Å²) < 4.78 is 16.4. The van der Waals surface area contributed by atoms with Gasteiger partial charge in [0.2, 0.25) is 6.79 Å². The van der Waals surface area contributed by atoms with Crippen LogP contribution in [0.25, 0.3) is 0 Å². The number of nitrogens with one attached hydrogen (secondary N) is 1. The first-order chi connectivity index (χ1) is 9.85. The number of nitrogens with zero attached hydrogens (tertiary/aromatic N) is 1. The van der Waals surface area contributed by atoms with Gasteiger partial charge in [0, 0.05) is 18.8 Å². The number of fused-ring (bicyclic) bond motifs is 1. The summed E-state index contributed by atoms with van der Waals surface area (Å²) in [5.41, 5.74) is 1.04. The van der Waals surface area contributed by atoms with Gasteiger partial charge in [-0.3, -0.25) is 0 Å². The van der Waals surface area contributed by atoms with E-state index in [1.165, 1.54) is 0 Å². The summed E-state index contributed by atoms with van der Waals surface area (Å²) in [6.07, 6.45) is 1.73. The molecule has 0 amide bonds. The number of rotatable bonds is 5. The van der Waals surface area contributed by atoms with Crippen molar-refractivity contribution < 1.29 is 14.2 Å². The molecule has 0 fully saturated rings. The first-order valence-corrected chi connectivity index (χ1v) is 6.56. The molecule has 2 aromatic rings. The fourth-order valence-corrected chi connectivity index (χ4v) is 1.98. The SMILES string of the molecule is CCNc1cc(OCc2ccc3c(c2)OCO3)ccn1. The van der Waals surface area contributed by atoms with Gasteiger partial charge in [-0.15, -0.1) is 0 Å². The Hall–Kier alpha value is -2.43. The molecular weight excluding hydrogens is 256 g/mol. The molecule has 0 radical (unpaired) electrons. The Labute approximate surface area is 117 Å². The number of anilines is 1. The lowest BCUT2D eigenvalue weighted by atomic mass is 10.2. The number of aromatic nitrogens is 1. The average molecular weight is 272 g/mol.